The third kappa shape index (κ3) is 7.70. The molecule has 0 rings (SSSR count). The number of hydrogen-bond donors (Lipinski definition) is 0. The molecule has 0 spiro atoms. The van der Waals surface area contributed by atoms with E-state index in [2.05, 4.69) is 0 Å². The summed E-state index contributed by atoms with van der Waals surface area (Å²) in [5.74, 6) is 0. The SMILES string of the molecule is CC=CCCCC(=O)Cl. The van der Waals surface area contributed by atoms with Crippen LogP contribution < -0.4 is 0 Å². The van der Waals surface area contributed by atoms with Crippen molar-refractivity contribution < 1.29 is 4.79 Å². The number of carbonyl (C=O) groups excluding carboxylic acids is 1. The summed E-state index contributed by atoms with van der Waals surface area (Å²) in [7, 11) is 0. The first-order valence-electron chi connectivity index (χ1n) is 3.07. The lowest BCUT2D eigenvalue weighted by Crippen LogP contribution is -1.83. The van der Waals surface area contributed by atoms with Crippen LogP contribution in [0.2, 0.25) is 0 Å². The Morgan fingerprint density at radius 2 is 2.33 bits per heavy atom. The van der Waals surface area contributed by atoms with E-state index in [1.807, 2.05) is 19.1 Å². The fourth-order valence-electron chi connectivity index (χ4n) is 0.526. The highest BCUT2D eigenvalue weighted by molar-refractivity contribution is 6.63. The molecule has 0 radical (unpaired) electrons. The van der Waals surface area contributed by atoms with Gasteiger partial charge in [-0.3, -0.25) is 4.79 Å². The number of hydrogen-bond acceptors (Lipinski definition) is 1. The standard InChI is InChI=1S/C7H11ClO/c1-2-3-4-5-6-7(8)9/h2-3H,4-6H2,1H3. The molecule has 0 heterocycles. The van der Waals surface area contributed by atoms with Crippen LogP contribution in [-0.4, -0.2) is 5.24 Å². The van der Waals surface area contributed by atoms with Crippen LogP contribution in [0, 0.1) is 0 Å². The van der Waals surface area contributed by atoms with Crippen molar-refractivity contribution >= 4 is 16.8 Å². The number of halogens is 1. The lowest BCUT2D eigenvalue weighted by atomic mass is 10.2. The molecule has 9 heavy (non-hydrogen) atoms. The molecule has 0 fully saturated rings. The lowest BCUT2D eigenvalue weighted by molar-refractivity contribution is -0.111. The highest BCUT2D eigenvalue weighted by atomic mass is 35.5. The van der Waals surface area contributed by atoms with Gasteiger partial charge in [-0.2, -0.15) is 0 Å². The van der Waals surface area contributed by atoms with Crippen molar-refractivity contribution in [3.8, 4) is 0 Å². The van der Waals surface area contributed by atoms with Gasteiger partial charge in [-0.15, -0.1) is 0 Å². The molecule has 0 aliphatic rings. The predicted molar refractivity (Wildman–Crippen MR) is 39.5 cm³/mol. The molecule has 0 aliphatic carbocycles. The Balaban J connectivity index is 3.01. The summed E-state index contributed by atoms with van der Waals surface area (Å²) in [6.07, 6.45) is 6.31. The van der Waals surface area contributed by atoms with Crippen molar-refractivity contribution in [2.75, 3.05) is 0 Å². The second-order valence-corrected chi connectivity index (χ2v) is 2.24. The molecular weight excluding hydrogens is 136 g/mol. The molecule has 0 saturated carbocycles. The van der Waals surface area contributed by atoms with Crippen LogP contribution in [0.15, 0.2) is 12.2 Å². The minimum atomic E-state index is -0.237. The molecule has 2 heteroatoms. The average molecular weight is 147 g/mol. The Labute approximate surface area is 60.7 Å². The van der Waals surface area contributed by atoms with E-state index < -0.39 is 0 Å². The fraction of sp³-hybridized carbons (Fsp3) is 0.571. The molecule has 0 aromatic rings. The summed E-state index contributed by atoms with van der Waals surface area (Å²) in [6.45, 7) is 1.96. The third-order valence-electron chi connectivity index (χ3n) is 0.980. The van der Waals surface area contributed by atoms with E-state index in [9.17, 15) is 4.79 Å². The first kappa shape index (κ1) is 8.70. The van der Waals surface area contributed by atoms with Crippen LogP contribution in [0.4, 0.5) is 0 Å². The van der Waals surface area contributed by atoms with E-state index in [1.54, 1.807) is 0 Å². The van der Waals surface area contributed by atoms with Crippen molar-refractivity contribution in [1.29, 1.82) is 0 Å². The van der Waals surface area contributed by atoms with Crippen LogP contribution in [0.1, 0.15) is 26.2 Å². The molecule has 0 saturated heterocycles. The topological polar surface area (TPSA) is 17.1 Å². The van der Waals surface area contributed by atoms with Crippen LogP contribution >= 0.6 is 11.6 Å². The van der Waals surface area contributed by atoms with E-state index in [4.69, 9.17) is 11.6 Å². The van der Waals surface area contributed by atoms with Gasteiger partial charge in [0, 0.05) is 6.42 Å². The maximum atomic E-state index is 10.1. The maximum Gasteiger partial charge on any atom is 0.221 e. The number of unbranched alkanes of at least 4 members (excludes halogenated alkanes) is 1. The van der Waals surface area contributed by atoms with Gasteiger partial charge >= 0.3 is 0 Å². The molecule has 0 bridgehead atoms. The minimum absolute atomic E-state index is 0.237. The summed E-state index contributed by atoms with van der Waals surface area (Å²) < 4.78 is 0. The molecule has 0 N–H and O–H groups in total. The van der Waals surface area contributed by atoms with Crippen molar-refractivity contribution in [3.05, 3.63) is 12.2 Å². The van der Waals surface area contributed by atoms with Gasteiger partial charge in [-0.1, -0.05) is 12.2 Å². The largest absolute Gasteiger partial charge is 0.281 e. The highest BCUT2D eigenvalue weighted by Gasteiger charge is 1.91. The van der Waals surface area contributed by atoms with Gasteiger partial charge in [0.25, 0.3) is 0 Å². The predicted octanol–water partition coefficient (Wildman–Crippen LogP) is 2.50. The molecule has 0 aromatic heterocycles. The first-order chi connectivity index (χ1) is 4.27. The van der Waals surface area contributed by atoms with E-state index in [-0.39, 0.29) is 5.24 Å². The summed E-state index contributed by atoms with van der Waals surface area (Å²) in [5, 5.41) is -0.237. The minimum Gasteiger partial charge on any atom is -0.281 e. The molecule has 0 aromatic carbocycles. The van der Waals surface area contributed by atoms with Crippen LogP contribution in [0.25, 0.3) is 0 Å². The molecule has 0 unspecified atom stereocenters. The van der Waals surface area contributed by atoms with E-state index >= 15 is 0 Å². The molecule has 0 aliphatic heterocycles. The van der Waals surface area contributed by atoms with Gasteiger partial charge in [0.2, 0.25) is 5.24 Å². The quantitative estimate of drug-likeness (QED) is 0.338. The van der Waals surface area contributed by atoms with Crippen molar-refractivity contribution in [2.45, 2.75) is 26.2 Å². The average Bonchev–Trinajstić information content (AvgIpc) is 1.80. The smallest absolute Gasteiger partial charge is 0.221 e. The monoisotopic (exact) mass is 146 g/mol. The Morgan fingerprint density at radius 1 is 1.67 bits per heavy atom. The van der Waals surface area contributed by atoms with Crippen molar-refractivity contribution in [1.82, 2.24) is 0 Å². The molecule has 0 atom stereocenters. The van der Waals surface area contributed by atoms with Crippen LogP contribution in [0.5, 0.6) is 0 Å². The number of allylic oxidation sites excluding steroid dienone is 2. The third-order valence-corrected chi connectivity index (χ3v) is 1.17. The molecule has 52 valence electrons. The van der Waals surface area contributed by atoms with Gasteiger partial charge < -0.3 is 0 Å². The molecule has 1 nitrogen and oxygen atoms in total. The van der Waals surface area contributed by atoms with Gasteiger partial charge in [0.05, 0.1) is 0 Å². The molecular formula is C7H11ClO. The van der Waals surface area contributed by atoms with Crippen LogP contribution in [0.3, 0.4) is 0 Å². The number of carbonyl (C=O) groups is 1. The summed E-state index contributed by atoms with van der Waals surface area (Å²) in [6, 6.07) is 0. The Hall–Kier alpha value is -0.300. The lowest BCUT2D eigenvalue weighted by Gasteiger charge is -1.87. The van der Waals surface area contributed by atoms with Gasteiger partial charge in [-0.05, 0) is 31.4 Å². The second kappa shape index (κ2) is 5.83. The zero-order valence-electron chi connectivity index (χ0n) is 5.56. The van der Waals surface area contributed by atoms with Crippen LogP contribution in [-0.2, 0) is 4.79 Å². The van der Waals surface area contributed by atoms with Crippen molar-refractivity contribution in [3.63, 3.8) is 0 Å². The summed E-state index contributed by atoms with van der Waals surface area (Å²) in [5.41, 5.74) is 0. The van der Waals surface area contributed by atoms with Gasteiger partial charge in [0.1, 0.15) is 0 Å². The zero-order valence-corrected chi connectivity index (χ0v) is 6.32. The van der Waals surface area contributed by atoms with E-state index in [0.717, 1.165) is 12.8 Å². The fourth-order valence-corrected chi connectivity index (χ4v) is 0.659. The van der Waals surface area contributed by atoms with Gasteiger partial charge in [0.15, 0.2) is 0 Å². The van der Waals surface area contributed by atoms with E-state index in [1.165, 1.54) is 0 Å². The van der Waals surface area contributed by atoms with E-state index in [0.29, 0.717) is 6.42 Å². The Bertz CT molecular complexity index is 107. The maximum absolute atomic E-state index is 10.1. The summed E-state index contributed by atoms with van der Waals surface area (Å²) >= 11 is 5.09. The highest BCUT2D eigenvalue weighted by Crippen LogP contribution is 1.99. The van der Waals surface area contributed by atoms with Crippen molar-refractivity contribution in [2.24, 2.45) is 0 Å². The first-order valence-corrected chi connectivity index (χ1v) is 3.44. The van der Waals surface area contributed by atoms with Gasteiger partial charge in [-0.25, -0.2) is 0 Å². The zero-order chi connectivity index (χ0) is 7.11. The number of rotatable bonds is 4. The molecule has 0 amide bonds. The Kier molecular flexibility index (Phi) is 5.64. The Morgan fingerprint density at radius 3 is 2.78 bits per heavy atom. The second-order valence-electron chi connectivity index (χ2n) is 1.82. The summed E-state index contributed by atoms with van der Waals surface area (Å²) in [4.78, 5) is 10.1. The normalized spacial score (nSPS) is 10.4.